The Balaban J connectivity index is 1.21. The van der Waals surface area contributed by atoms with Crippen molar-refractivity contribution in [3.8, 4) is 0 Å². The third-order valence-electron chi connectivity index (χ3n) is 6.72. The Labute approximate surface area is 209 Å². The Morgan fingerprint density at radius 1 is 0.667 bits per heavy atom. The average Bonchev–Trinajstić information content (AvgIpc) is 3.72. The zero-order chi connectivity index (χ0) is 24.7. The average molecular weight is 507 g/mol. The minimum Gasteiger partial charge on any atom is -0.461 e. The number of carbonyl (C=O) groups excluding carboxylic acids is 2. The van der Waals surface area contributed by atoms with Gasteiger partial charge < -0.3 is 28.4 Å². The van der Waals surface area contributed by atoms with Gasteiger partial charge in [0.2, 0.25) is 0 Å². The minimum atomic E-state index is -0.610. The topological polar surface area (TPSA) is 138 Å². The van der Waals surface area contributed by atoms with Crippen molar-refractivity contribution in [2.24, 2.45) is 11.8 Å². The third kappa shape index (κ3) is 6.03. The van der Waals surface area contributed by atoms with E-state index < -0.39 is 11.9 Å². The first kappa shape index (κ1) is 25.5. The molecular formula is C24H34N4O8. The number of nitrogens with one attached hydrogen (secondary N) is 4. The van der Waals surface area contributed by atoms with Gasteiger partial charge in [-0.2, -0.15) is 0 Å². The highest BCUT2D eigenvalue weighted by Gasteiger charge is 2.38. The summed E-state index contributed by atoms with van der Waals surface area (Å²) in [4.78, 5) is 26.1. The van der Waals surface area contributed by atoms with Crippen LogP contribution in [0, 0.1) is 11.8 Å². The molecule has 0 aliphatic carbocycles. The fourth-order valence-electron chi connectivity index (χ4n) is 4.89. The predicted molar refractivity (Wildman–Crippen MR) is 125 cm³/mol. The Morgan fingerprint density at radius 2 is 1.00 bits per heavy atom. The van der Waals surface area contributed by atoms with Gasteiger partial charge in [-0.05, 0) is 12.1 Å². The summed E-state index contributed by atoms with van der Waals surface area (Å²) in [6.07, 6.45) is -1.15. The second kappa shape index (κ2) is 12.4. The van der Waals surface area contributed by atoms with Crippen LogP contribution in [0.3, 0.4) is 0 Å². The third-order valence-corrected chi connectivity index (χ3v) is 6.72. The lowest BCUT2D eigenvalue weighted by molar-refractivity contribution is -0.0597. The van der Waals surface area contributed by atoms with E-state index in [2.05, 4.69) is 21.3 Å². The van der Waals surface area contributed by atoms with Gasteiger partial charge in [0.15, 0.2) is 0 Å². The molecule has 4 N–H and O–H groups in total. The van der Waals surface area contributed by atoms with Crippen LogP contribution in [0.2, 0.25) is 0 Å². The van der Waals surface area contributed by atoms with Gasteiger partial charge in [-0.3, -0.25) is 21.3 Å². The van der Waals surface area contributed by atoms with Crippen LogP contribution in [0.15, 0.2) is 24.3 Å². The molecule has 0 bridgehead atoms. The highest BCUT2D eigenvalue weighted by atomic mass is 16.6. The number of hydrogen-bond donors (Lipinski definition) is 4. The monoisotopic (exact) mass is 506 g/mol. The molecule has 12 heteroatoms. The summed E-state index contributed by atoms with van der Waals surface area (Å²) in [6, 6.07) is 6.49. The van der Waals surface area contributed by atoms with Gasteiger partial charge in [0.1, 0.15) is 38.1 Å². The van der Waals surface area contributed by atoms with Crippen LogP contribution in [0.5, 0.6) is 0 Å². The van der Waals surface area contributed by atoms with Crippen molar-refractivity contribution in [3.63, 3.8) is 0 Å². The SMILES string of the molecule is O=C(OCC(C1NCCO1)C1NCCO1)c1ccccc1C(=O)OCC(C1NCCO1)C1NCCO1. The van der Waals surface area contributed by atoms with Crippen LogP contribution in [0.4, 0.5) is 0 Å². The summed E-state index contributed by atoms with van der Waals surface area (Å²) in [5.41, 5.74) is 0.285. The first-order chi connectivity index (χ1) is 17.7. The van der Waals surface area contributed by atoms with Gasteiger partial charge in [0.05, 0.1) is 49.4 Å². The fraction of sp³-hybridized carbons (Fsp3) is 0.667. The molecule has 0 spiro atoms. The van der Waals surface area contributed by atoms with Crippen LogP contribution in [-0.2, 0) is 28.4 Å². The van der Waals surface area contributed by atoms with Crippen molar-refractivity contribution in [3.05, 3.63) is 35.4 Å². The van der Waals surface area contributed by atoms with Gasteiger partial charge in [-0.1, -0.05) is 12.1 Å². The maximum absolute atomic E-state index is 13.0. The summed E-state index contributed by atoms with van der Waals surface area (Å²) in [5, 5.41) is 13.0. The molecule has 36 heavy (non-hydrogen) atoms. The first-order valence-corrected chi connectivity index (χ1v) is 12.5. The molecule has 0 aromatic heterocycles. The van der Waals surface area contributed by atoms with E-state index in [9.17, 15) is 9.59 Å². The van der Waals surface area contributed by atoms with Gasteiger partial charge in [0, 0.05) is 26.2 Å². The van der Waals surface area contributed by atoms with E-state index in [1.807, 2.05) is 0 Å². The molecule has 4 unspecified atom stereocenters. The van der Waals surface area contributed by atoms with Crippen LogP contribution in [0.1, 0.15) is 20.7 Å². The highest BCUT2D eigenvalue weighted by Crippen LogP contribution is 2.22. The van der Waals surface area contributed by atoms with Crippen LogP contribution >= 0.6 is 0 Å². The fourth-order valence-corrected chi connectivity index (χ4v) is 4.89. The highest BCUT2D eigenvalue weighted by molar-refractivity contribution is 6.03. The molecule has 4 heterocycles. The molecule has 4 aliphatic heterocycles. The van der Waals surface area contributed by atoms with Crippen molar-refractivity contribution in [1.82, 2.24) is 21.3 Å². The number of hydrogen-bond acceptors (Lipinski definition) is 12. The van der Waals surface area contributed by atoms with Crippen LogP contribution in [-0.4, -0.2) is 103 Å². The van der Waals surface area contributed by atoms with Crippen molar-refractivity contribution < 1.29 is 38.0 Å². The van der Waals surface area contributed by atoms with E-state index in [1.54, 1.807) is 24.3 Å². The maximum atomic E-state index is 13.0. The molecule has 4 saturated heterocycles. The molecule has 4 aliphatic rings. The lowest BCUT2D eigenvalue weighted by Crippen LogP contribution is -2.46. The van der Waals surface area contributed by atoms with E-state index in [4.69, 9.17) is 28.4 Å². The summed E-state index contributed by atoms with van der Waals surface area (Å²) < 4.78 is 34.3. The van der Waals surface area contributed by atoms with Gasteiger partial charge in [0.25, 0.3) is 0 Å². The van der Waals surface area contributed by atoms with E-state index in [0.29, 0.717) is 26.4 Å². The Bertz CT molecular complexity index is 778. The van der Waals surface area contributed by atoms with Gasteiger partial charge in [-0.15, -0.1) is 0 Å². The molecule has 0 saturated carbocycles. The molecule has 5 rings (SSSR count). The molecule has 4 atom stereocenters. The van der Waals surface area contributed by atoms with Gasteiger partial charge >= 0.3 is 11.9 Å². The molecule has 1 aromatic carbocycles. The Morgan fingerprint density at radius 3 is 1.28 bits per heavy atom. The molecule has 0 amide bonds. The Hall–Kier alpha value is -2.16. The molecular weight excluding hydrogens is 472 g/mol. The van der Waals surface area contributed by atoms with E-state index in [-0.39, 0.29) is 61.1 Å². The first-order valence-electron chi connectivity index (χ1n) is 12.5. The van der Waals surface area contributed by atoms with E-state index in [0.717, 1.165) is 26.2 Å². The zero-order valence-corrected chi connectivity index (χ0v) is 20.1. The lowest BCUT2D eigenvalue weighted by atomic mass is 10.1. The van der Waals surface area contributed by atoms with Crippen molar-refractivity contribution >= 4 is 11.9 Å². The van der Waals surface area contributed by atoms with Crippen molar-refractivity contribution in [2.75, 3.05) is 65.8 Å². The van der Waals surface area contributed by atoms with Gasteiger partial charge in [-0.25, -0.2) is 9.59 Å². The number of esters is 2. The normalized spacial score (nSPS) is 29.8. The minimum absolute atomic E-state index is 0.0645. The van der Waals surface area contributed by atoms with Crippen molar-refractivity contribution in [1.29, 1.82) is 0 Å². The van der Waals surface area contributed by atoms with E-state index in [1.165, 1.54) is 0 Å². The quantitative estimate of drug-likeness (QED) is 0.290. The lowest BCUT2D eigenvalue weighted by Gasteiger charge is -2.28. The number of ether oxygens (including phenoxy) is 6. The molecule has 0 radical (unpaired) electrons. The molecule has 1 aromatic rings. The van der Waals surface area contributed by atoms with Crippen LogP contribution in [0.25, 0.3) is 0 Å². The number of benzene rings is 1. The molecule has 12 nitrogen and oxygen atoms in total. The summed E-state index contributed by atoms with van der Waals surface area (Å²) >= 11 is 0. The standard InChI is InChI=1S/C24H34N4O8/c29-23(35-13-17(19-25-5-9-31-19)20-26-6-10-32-20)15-3-1-2-4-16(15)24(30)36-14-18(21-27-7-11-33-21)22-28-8-12-34-22/h1-4,17-22,25-28H,5-14H2. The smallest absolute Gasteiger partial charge is 0.339 e. The zero-order valence-electron chi connectivity index (χ0n) is 20.1. The maximum Gasteiger partial charge on any atom is 0.339 e. The predicted octanol–water partition coefficient (Wildman–Crippen LogP) is -0.984. The second-order valence-corrected chi connectivity index (χ2v) is 9.05. The number of rotatable bonds is 10. The number of carbonyl (C=O) groups is 2. The van der Waals surface area contributed by atoms with Crippen molar-refractivity contribution in [2.45, 2.75) is 24.9 Å². The Kier molecular flexibility index (Phi) is 8.77. The molecule has 4 fully saturated rings. The summed E-state index contributed by atoms with van der Waals surface area (Å²) in [7, 11) is 0. The largest absolute Gasteiger partial charge is 0.461 e. The van der Waals surface area contributed by atoms with E-state index >= 15 is 0 Å². The summed E-state index contributed by atoms with van der Waals surface area (Å²) in [5.74, 6) is -1.70. The summed E-state index contributed by atoms with van der Waals surface area (Å²) in [6.45, 7) is 5.35. The van der Waals surface area contributed by atoms with Crippen LogP contribution < -0.4 is 21.3 Å². The molecule has 198 valence electrons. The second-order valence-electron chi connectivity index (χ2n) is 9.05.